The van der Waals surface area contributed by atoms with Crippen LogP contribution >= 0.6 is 0 Å². The third-order valence-corrected chi connectivity index (χ3v) is 6.04. The number of benzene rings is 4. The molecule has 0 aliphatic rings. The predicted molar refractivity (Wildman–Crippen MR) is 133 cm³/mol. The molecule has 4 N–H and O–H groups in total. The monoisotopic (exact) mass is 554 g/mol. The quantitative estimate of drug-likeness (QED) is 0.0916. The number of nitro groups is 2. The van der Waals surface area contributed by atoms with Gasteiger partial charge in [-0.1, -0.05) is 18.2 Å². The molecule has 0 saturated carbocycles. The third kappa shape index (κ3) is 5.58. The average Bonchev–Trinajstić information content (AvgIpc) is 2.87. The van der Waals surface area contributed by atoms with Gasteiger partial charge in [0.25, 0.3) is 15.8 Å². The zero-order valence-electron chi connectivity index (χ0n) is 19.1. The van der Waals surface area contributed by atoms with Crippen molar-refractivity contribution >= 4 is 55.0 Å². The van der Waals surface area contributed by atoms with E-state index in [1.807, 2.05) is 0 Å². The molecule has 4 aromatic carbocycles. The number of aromatic hydroxyl groups is 3. The molecule has 0 amide bonds. The summed E-state index contributed by atoms with van der Waals surface area (Å²) in [6.07, 6.45) is 0. The minimum atomic E-state index is -4.43. The van der Waals surface area contributed by atoms with Crippen LogP contribution in [0.25, 0.3) is 10.8 Å². The molecule has 39 heavy (non-hydrogen) atoms. The van der Waals surface area contributed by atoms with Crippen molar-refractivity contribution in [3.05, 3.63) is 80.9 Å². The van der Waals surface area contributed by atoms with Crippen molar-refractivity contribution in [2.45, 2.75) is 4.90 Å². The van der Waals surface area contributed by atoms with Crippen molar-refractivity contribution in [1.82, 2.24) is 0 Å². The highest BCUT2D eigenvalue weighted by Gasteiger charge is 2.24. The molecule has 0 aliphatic heterocycles. The van der Waals surface area contributed by atoms with Gasteiger partial charge in [0.05, 0.1) is 26.5 Å². The van der Waals surface area contributed by atoms with Crippen LogP contribution in [-0.4, -0.2) is 38.1 Å². The number of rotatable bonds is 7. The van der Waals surface area contributed by atoms with Crippen LogP contribution in [0.1, 0.15) is 0 Å². The zero-order valence-corrected chi connectivity index (χ0v) is 19.9. The highest BCUT2D eigenvalue weighted by atomic mass is 32.2. The number of fused-ring (bicyclic) bond motifs is 1. The summed E-state index contributed by atoms with van der Waals surface area (Å²) in [5.41, 5.74) is -2.67. The Morgan fingerprint density at radius 2 is 1.31 bits per heavy atom. The maximum Gasteiger partial charge on any atom is 0.319 e. The molecule has 0 aliphatic carbocycles. The van der Waals surface area contributed by atoms with E-state index in [2.05, 4.69) is 20.5 Å². The van der Waals surface area contributed by atoms with Crippen molar-refractivity contribution in [1.29, 1.82) is 0 Å². The van der Waals surface area contributed by atoms with Gasteiger partial charge in [0, 0.05) is 23.6 Å². The molecule has 4 rings (SSSR count). The van der Waals surface area contributed by atoms with Crippen molar-refractivity contribution < 1.29 is 38.1 Å². The molecule has 0 fully saturated rings. The maximum absolute atomic E-state index is 11.4. The van der Waals surface area contributed by atoms with E-state index in [9.17, 15) is 48.5 Å². The molecule has 0 unspecified atom stereocenters. The van der Waals surface area contributed by atoms with Crippen LogP contribution in [0, 0.1) is 20.2 Å². The number of nitro benzene ring substituents is 2. The zero-order chi connectivity index (χ0) is 28.5. The molecule has 0 atom stereocenters. The van der Waals surface area contributed by atoms with Gasteiger partial charge in [-0.25, -0.2) is 0 Å². The summed E-state index contributed by atoms with van der Waals surface area (Å²) in [6.45, 7) is 0. The Morgan fingerprint density at radius 3 is 1.90 bits per heavy atom. The summed E-state index contributed by atoms with van der Waals surface area (Å²) in [6, 6.07) is 11.6. The van der Waals surface area contributed by atoms with Crippen LogP contribution in [0.2, 0.25) is 0 Å². The molecular formula is C22H14N6O10S. The molecule has 0 spiro atoms. The number of phenolic OH excluding ortho intramolecular Hbond substituents is 3. The molecule has 0 bridgehead atoms. The van der Waals surface area contributed by atoms with Crippen molar-refractivity contribution in [2.75, 3.05) is 0 Å². The van der Waals surface area contributed by atoms with Crippen LogP contribution < -0.4 is 0 Å². The summed E-state index contributed by atoms with van der Waals surface area (Å²) < 4.78 is 32.0. The van der Waals surface area contributed by atoms with E-state index in [0.717, 1.165) is 18.2 Å². The predicted octanol–water partition coefficient (Wildman–Crippen LogP) is 5.85. The first-order valence-electron chi connectivity index (χ1n) is 10.4. The van der Waals surface area contributed by atoms with E-state index in [1.165, 1.54) is 24.3 Å². The van der Waals surface area contributed by atoms with Gasteiger partial charge < -0.3 is 15.3 Å². The summed E-state index contributed by atoms with van der Waals surface area (Å²) in [5, 5.41) is 68.6. The molecule has 17 heteroatoms. The number of non-ortho nitro benzene ring substituents is 1. The van der Waals surface area contributed by atoms with E-state index in [-0.39, 0.29) is 22.0 Å². The van der Waals surface area contributed by atoms with Crippen molar-refractivity contribution in [3.63, 3.8) is 0 Å². The first-order chi connectivity index (χ1) is 18.3. The van der Waals surface area contributed by atoms with Crippen LogP contribution in [0.5, 0.6) is 17.2 Å². The van der Waals surface area contributed by atoms with Crippen LogP contribution in [0.4, 0.5) is 34.1 Å². The molecule has 0 aromatic heterocycles. The number of hydrogen-bond acceptors (Lipinski definition) is 13. The molecule has 0 radical (unpaired) electrons. The highest BCUT2D eigenvalue weighted by molar-refractivity contribution is 7.85. The second-order valence-corrected chi connectivity index (χ2v) is 9.13. The average molecular weight is 554 g/mol. The smallest absolute Gasteiger partial charge is 0.319 e. The lowest BCUT2D eigenvalue weighted by molar-refractivity contribution is -0.394. The van der Waals surface area contributed by atoms with Gasteiger partial charge >= 0.3 is 5.69 Å². The van der Waals surface area contributed by atoms with Crippen LogP contribution in [0.15, 0.2) is 86.0 Å². The van der Waals surface area contributed by atoms with Gasteiger partial charge in [-0.2, -0.15) is 8.42 Å². The third-order valence-electron chi connectivity index (χ3n) is 5.19. The fourth-order valence-corrected chi connectivity index (χ4v) is 3.85. The van der Waals surface area contributed by atoms with Crippen molar-refractivity contribution in [2.24, 2.45) is 20.5 Å². The normalized spacial score (nSPS) is 11.9. The van der Waals surface area contributed by atoms with E-state index in [4.69, 9.17) is 0 Å². The standard InChI is InChI=1S/C22H14N6O10S/c29-20-10-21(30)17(25-26-18-7-12(27(32)33)8-19(22(18)31)28(34)35)9-16(20)24-23-15-3-1-2-11-6-13(39(36,37)38)4-5-14(11)15/h1-10,29-31H,(H,36,37,38)/b24-23+,26-25+. The first kappa shape index (κ1) is 26.5. The minimum absolute atomic E-state index is 0.220. The van der Waals surface area contributed by atoms with Gasteiger partial charge in [0.15, 0.2) is 0 Å². The lowest BCUT2D eigenvalue weighted by Gasteiger charge is -2.05. The van der Waals surface area contributed by atoms with Crippen molar-refractivity contribution in [3.8, 4) is 17.2 Å². The number of hydrogen-bond donors (Lipinski definition) is 4. The van der Waals surface area contributed by atoms with E-state index >= 15 is 0 Å². The second-order valence-electron chi connectivity index (χ2n) is 7.71. The van der Waals surface area contributed by atoms with Gasteiger partial charge in [-0.15, -0.1) is 20.5 Å². The van der Waals surface area contributed by atoms with Crippen LogP contribution in [-0.2, 0) is 10.1 Å². The largest absolute Gasteiger partial charge is 0.505 e. The van der Waals surface area contributed by atoms with E-state index in [1.54, 1.807) is 12.1 Å². The second kappa shape index (κ2) is 10.1. The summed E-state index contributed by atoms with van der Waals surface area (Å²) in [5.74, 6) is -2.14. The van der Waals surface area contributed by atoms with Gasteiger partial charge in [-0.05, 0) is 23.6 Å². The summed E-state index contributed by atoms with van der Waals surface area (Å²) in [4.78, 5) is 19.9. The minimum Gasteiger partial charge on any atom is -0.505 e. The Bertz CT molecular complexity index is 1840. The Kier molecular flexibility index (Phi) is 6.85. The maximum atomic E-state index is 11.4. The lowest BCUT2D eigenvalue weighted by atomic mass is 10.1. The molecule has 0 heterocycles. The summed E-state index contributed by atoms with van der Waals surface area (Å²) >= 11 is 0. The SMILES string of the molecule is O=[N+]([O-])c1cc(/N=N/c2cc(/N=N/c3cccc4cc(S(=O)(=O)O)ccc34)c(O)cc2O)c(O)c([N+](=O)[O-])c1. The molecular weight excluding hydrogens is 540 g/mol. The Hall–Kier alpha value is -5.55. The Labute approximate surface area is 216 Å². The van der Waals surface area contributed by atoms with E-state index < -0.39 is 54.3 Å². The van der Waals surface area contributed by atoms with Gasteiger partial charge in [0.1, 0.15) is 28.6 Å². The molecule has 16 nitrogen and oxygen atoms in total. The molecule has 0 saturated heterocycles. The fourth-order valence-electron chi connectivity index (χ4n) is 3.33. The molecule has 4 aromatic rings. The lowest BCUT2D eigenvalue weighted by Crippen LogP contribution is -1.97. The van der Waals surface area contributed by atoms with Gasteiger partial charge in [0.2, 0.25) is 5.75 Å². The number of azo groups is 2. The summed E-state index contributed by atoms with van der Waals surface area (Å²) in [7, 11) is -4.43. The van der Waals surface area contributed by atoms with Gasteiger partial charge in [-0.3, -0.25) is 24.8 Å². The topological polar surface area (TPSA) is 251 Å². The number of phenols is 3. The fraction of sp³-hybridized carbons (Fsp3) is 0. The first-order valence-corrected chi connectivity index (χ1v) is 11.8. The number of nitrogens with zero attached hydrogens (tertiary/aromatic N) is 6. The molecule has 198 valence electrons. The Morgan fingerprint density at radius 1 is 0.692 bits per heavy atom. The highest BCUT2D eigenvalue weighted by Crippen LogP contribution is 2.43. The van der Waals surface area contributed by atoms with E-state index in [0.29, 0.717) is 16.8 Å². The Balaban J connectivity index is 1.72. The van der Waals surface area contributed by atoms with Crippen LogP contribution in [0.3, 0.4) is 0 Å².